The number of rotatable bonds is 10. The van der Waals surface area contributed by atoms with E-state index in [2.05, 4.69) is 13.2 Å². The van der Waals surface area contributed by atoms with E-state index in [1.54, 1.807) is 12.2 Å². The van der Waals surface area contributed by atoms with E-state index in [1.165, 1.54) is 0 Å². The maximum atomic E-state index is 8.52. The quantitative estimate of drug-likeness (QED) is 0.129. The fourth-order valence-corrected chi connectivity index (χ4v) is 0.671. The van der Waals surface area contributed by atoms with Gasteiger partial charge in [0.1, 0.15) is 0 Å². The van der Waals surface area contributed by atoms with Crippen molar-refractivity contribution in [1.82, 2.24) is 0 Å². The molecule has 0 radical (unpaired) electrons. The van der Waals surface area contributed by atoms with Crippen LogP contribution >= 0.6 is 0 Å². The molecule has 0 fully saturated rings. The van der Waals surface area contributed by atoms with Crippen molar-refractivity contribution in [2.75, 3.05) is 39.6 Å². The number of ether oxygens (including phenoxy) is 3. The minimum Gasteiger partial charge on any atom is -0.759 e. The third-order valence-electron chi connectivity index (χ3n) is 1.22. The summed E-state index contributed by atoms with van der Waals surface area (Å²) in [7, 11) is -5.17. The topological polar surface area (TPSA) is 108 Å². The Balaban J connectivity index is -0.000000158. The van der Waals surface area contributed by atoms with Crippen LogP contribution in [-0.4, -0.2) is 57.2 Å². The number of hydrogen-bond donors (Lipinski definition) is 0. The summed E-state index contributed by atoms with van der Waals surface area (Å²) in [5, 5.41) is 0. The predicted molar refractivity (Wildman–Crippen MR) is 63.3 cm³/mol. The molecule has 0 heterocycles. The van der Waals surface area contributed by atoms with Crippen molar-refractivity contribution in [3.63, 3.8) is 0 Å². The van der Waals surface area contributed by atoms with Gasteiger partial charge in [0.2, 0.25) is 0 Å². The van der Waals surface area contributed by atoms with Crippen LogP contribution in [0.2, 0.25) is 0 Å². The Morgan fingerprint density at radius 1 is 0.800 bits per heavy atom. The molecule has 0 atom stereocenters. The molecular weight excluding hydrogens is 310 g/mol. The molecule has 0 aromatic heterocycles. The van der Waals surface area contributed by atoms with Crippen LogP contribution in [0.3, 0.4) is 0 Å². The van der Waals surface area contributed by atoms with E-state index in [1.807, 2.05) is 0 Å². The average Bonchev–Trinajstić information content (AvgIpc) is 2.25. The normalized spacial score (nSPS) is 9.30. The van der Waals surface area contributed by atoms with Gasteiger partial charge in [0, 0.05) is 10.4 Å². The first-order valence-electron chi connectivity index (χ1n) is 5.03. The summed E-state index contributed by atoms with van der Waals surface area (Å²) in [5.74, 6) is 0. The van der Waals surface area contributed by atoms with E-state index in [-0.39, 0.29) is 59.1 Å². The largest absolute Gasteiger partial charge is 1.00 e. The first kappa shape index (κ1) is 29.3. The molecule has 0 aliphatic rings. The summed E-state index contributed by atoms with van der Waals surface area (Å²) >= 11 is 0. The van der Waals surface area contributed by atoms with Gasteiger partial charge in [-0.15, -0.1) is 13.2 Å². The molecule has 7 nitrogen and oxygen atoms in total. The Morgan fingerprint density at radius 2 is 1.05 bits per heavy atom. The molecule has 0 aromatic rings. The Bertz CT molecular complexity index is 274. The van der Waals surface area contributed by atoms with E-state index < -0.39 is 10.4 Å². The Kier molecular flexibility index (Phi) is 32.9. The van der Waals surface area contributed by atoms with E-state index in [4.69, 9.17) is 31.7 Å². The maximum Gasteiger partial charge on any atom is 1.00 e. The van der Waals surface area contributed by atoms with Crippen molar-refractivity contribution < 1.29 is 90.8 Å². The molecule has 0 spiro atoms. The van der Waals surface area contributed by atoms with Crippen molar-refractivity contribution >= 4 is 10.4 Å². The van der Waals surface area contributed by atoms with Crippen LogP contribution in [0, 0.1) is 0 Å². The average molecular weight is 328 g/mol. The van der Waals surface area contributed by atoms with Crippen LogP contribution in [0.25, 0.3) is 0 Å². The number of hydrogen-bond acceptors (Lipinski definition) is 7. The zero-order valence-electron chi connectivity index (χ0n) is 12.1. The molecule has 0 amide bonds. The summed E-state index contributed by atoms with van der Waals surface area (Å²) < 4.78 is 49.5. The van der Waals surface area contributed by atoms with Crippen molar-refractivity contribution in [3.05, 3.63) is 25.3 Å². The summed E-state index contributed by atoms with van der Waals surface area (Å²) in [6.45, 7) is 10.6. The van der Waals surface area contributed by atoms with E-state index in [9.17, 15) is 0 Å². The van der Waals surface area contributed by atoms with Crippen molar-refractivity contribution in [2.45, 2.75) is 0 Å². The molecule has 0 N–H and O–H groups in total. The SMILES string of the molecule is C=CCOCCOCCOCC=C.O=S(=O)([O-])[O-].[Na+].[Na+]. The summed E-state index contributed by atoms with van der Waals surface area (Å²) in [6.07, 6.45) is 3.43. The molecule has 0 aliphatic carbocycles. The second-order valence-corrected chi connectivity index (χ2v) is 3.56. The van der Waals surface area contributed by atoms with E-state index in [0.717, 1.165) is 0 Å². The van der Waals surface area contributed by atoms with Gasteiger partial charge in [-0.1, -0.05) is 12.2 Å². The van der Waals surface area contributed by atoms with E-state index >= 15 is 0 Å². The molecule has 108 valence electrons. The summed E-state index contributed by atoms with van der Waals surface area (Å²) in [4.78, 5) is 0. The smallest absolute Gasteiger partial charge is 0.759 e. The molecule has 0 unspecified atom stereocenters. The molecule has 0 aliphatic heterocycles. The second kappa shape index (κ2) is 22.5. The molecule has 0 aromatic carbocycles. The first-order valence-corrected chi connectivity index (χ1v) is 6.37. The van der Waals surface area contributed by atoms with Crippen molar-refractivity contribution in [2.24, 2.45) is 0 Å². The third-order valence-corrected chi connectivity index (χ3v) is 1.22. The Hall–Kier alpha value is 1.23. The van der Waals surface area contributed by atoms with Crippen molar-refractivity contribution in [1.29, 1.82) is 0 Å². The van der Waals surface area contributed by atoms with Gasteiger partial charge >= 0.3 is 59.1 Å². The van der Waals surface area contributed by atoms with Crippen LogP contribution in [0.5, 0.6) is 0 Å². The zero-order valence-corrected chi connectivity index (χ0v) is 16.9. The fourth-order valence-electron chi connectivity index (χ4n) is 0.671. The monoisotopic (exact) mass is 328 g/mol. The minimum atomic E-state index is -5.17. The van der Waals surface area contributed by atoms with Gasteiger partial charge < -0.3 is 23.3 Å². The molecule has 0 bridgehead atoms. The van der Waals surface area contributed by atoms with Gasteiger partial charge in [0.25, 0.3) is 0 Å². The Morgan fingerprint density at radius 3 is 1.30 bits per heavy atom. The van der Waals surface area contributed by atoms with Gasteiger partial charge in [-0.3, -0.25) is 8.42 Å². The van der Waals surface area contributed by atoms with Gasteiger partial charge in [-0.25, -0.2) is 0 Å². The minimum absolute atomic E-state index is 0. The standard InChI is InChI=1S/C10H18O3.2Na.H2O4S/c1-3-5-11-7-9-13-10-8-12-6-4-2;;;1-5(2,3)4/h3-4H,1-2,5-10H2;;;(H2,1,2,3,4)/q;2*+1;/p-2. The van der Waals surface area contributed by atoms with Gasteiger partial charge in [0.15, 0.2) is 0 Å². The predicted octanol–water partition coefficient (Wildman–Crippen LogP) is -5.92. The molecule has 20 heavy (non-hydrogen) atoms. The van der Waals surface area contributed by atoms with E-state index in [0.29, 0.717) is 39.6 Å². The maximum absolute atomic E-state index is 8.52. The van der Waals surface area contributed by atoms with Crippen LogP contribution < -0.4 is 59.1 Å². The molecular formula is C10H18Na2O7S. The molecule has 10 heteroatoms. The molecule has 0 saturated carbocycles. The molecule has 0 rings (SSSR count). The zero-order chi connectivity index (χ0) is 14.3. The van der Waals surface area contributed by atoms with Crippen molar-refractivity contribution in [3.8, 4) is 0 Å². The Labute approximate surface area is 164 Å². The summed E-state index contributed by atoms with van der Waals surface area (Å²) in [5.41, 5.74) is 0. The van der Waals surface area contributed by atoms with Crippen LogP contribution in [0.4, 0.5) is 0 Å². The fraction of sp³-hybridized carbons (Fsp3) is 0.600. The van der Waals surface area contributed by atoms with Crippen LogP contribution in [0.1, 0.15) is 0 Å². The van der Waals surface area contributed by atoms with Gasteiger partial charge in [0.05, 0.1) is 39.6 Å². The molecule has 0 saturated heterocycles. The van der Waals surface area contributed by atoms with Gasteiger partial charge in [-0.05, 0) is 0 Å². The van der Waals surface area contributed by atoms with Crippen LogP contribution in [-0.2, 0) is 24.6 Å². The third kappa shape index (κ3) is 50.7. The summed E-state index contributed by atoms with van der Waals surface area (Å²) in [6, 6.07) is 0. The van der Waals surface area contributed by atoms with Gasteiger partial charge in [-0.2, -0.15) is 0 Å². The van der Waals surface area contributed by atoms with Crippen LogP contribution in [0.15, 0.2) is 25.3 Å². The first-order chi connectivity index (χ1) is 8.41. The second-order valence-electron chi connectivity index (χ2n) is 2.75.